The van der Waals surface area contributed by atoms with Crippen LogP contribution in [0.25, 0.3) is 10.7 Å². The highest BCUT2D eigenvalue weighted by Gasteiger charge is 2.24. The van der Waals surface area contributed by atoms with Gasteiger partial charge in [-0.1, -0.05) is 0 Å². The zero-order chi connectivity index (χ0) is 21.1. The lowest BCUT2D eigenvalue weighted by atomic mass is 9.94. The third-order valence-electron chi connectivity index (χ3n) is 5.36. The maximum Gasteiger partial charge on any atom is 0.173 e. The average molecular weight is 426 g/mol. The molecule has 1 aliphatic heterocycles. The molecule has 3 aromatic heterocycles. The summed E-state index contributed by atoms with van der Waals surface area (Å²) in [5.41, 5.74) is 2.41. The molecule has 4 rings (SSSR count). The fourth-order valence-electron chi connectivity index (χ4n) is 3.98. The molecular weight excluding hydrogens is 394 g/mol. The number of likely N-dealkylation sites (tertiary alicyclic amines) is 1. The molecule has 0 spiro atoms. The van der Waals surface area contributed by atoms with Gasteiger partial charge in [-0.15, -0.1) is 11.3 Å². The molecule has 0 bridgehead atoms. The Morgan fingerprint density at radius 3 is 2.83 bits per heavy atom. The number of piperidine rings is 1. The molecule has 1 aliphatic rings. The quantitative estimate of drug-likeness (QED) is 0.608. The van der Waals surface area contributed by atoms with Crippen molar-refractivity contribution in [2.24, 2.45) is 0 Å². The number of aryl methyl sites for hydroxylation is 2. The zero-order valence-corrected chi connectivity index (χ0v) is 19.1. The van der Waals surface area contributed by atoms with Crippen molar-refractivity contribution in [2.45, 2.75) is 65.6 Å². The lowest BCUT2D eigenvalue weighted by Crippen LogP contribution is -2.34. The van der Waals surface area contributed by atoms with Crippen LogP contribution in [0.4, 0.5) is 5.82 Å². The van der Waals surface area contributed by atoms with Gasteiger partial charge in [0.2, 0.25) is 0 Å². The lowest BCUT2D eigenvalue weighted by Gasteiger charge is -2.32. The van der Waals surface area contributed by atoms with Gasteiger partial charge in [-0.05, 0) is 47.1 Å². The third kappa shape index (κ3) is 5.05. The summed E-state index contributed by atoms with van der Waals surface area (Å²) < 4.78 is 1.99. The van der Waals surface area contributed by atoms with E-state index in [1.54, 1.807) is 11.3 Å². The normalized spacial score (nSPS) is 17.6. The minimum absolute atomic E-state index is 0.321. The van der Waals surface area contributed by atoms with Crippen molar-refractivity contribution >= 4 is 17.2 Å². The Bertz CT molecular complexity index is 978. The molecule has 0 amide bonds. The molecule has 8 heteroatoms. The zero-order valence-electron chi connectivity index (χ0n) is 18.3. The van der Waals surface area contributed by atoms with E-state index in [-0.39, 0.29) is 0 Å². The summed E-state index contributed by atoms with van der Waals surface area (Å²) in [7, 11) is 0. The van der Waals surface area contributed by atoms with E-state index >= 15 is 0 Å². The lowest BCUT2D eigenvalue weighted by molar-refractivity contribution is 0.198. The minimum atomic E-state index is 0.321. The summed E-state index contributed by atoms with van der Waals surface area (Å²) in [6.45, 7) is 12.4. The van der Waals surface area contributed by atoms with Gasteiger partial charge in [0.1, 0.15) is 5.82 Å². The summed E-state index contributed by atoms with van der Waals surface area (Å²) in [6, 6.07) is 2.46. The van der Waals surface area contributed by atoms with Crippen LogP contribution in [-0.2, 0) is 13.1 Å². The van der Waals surface area contributed by atoms with Crippen molar-refractivity contribution in [3.63, 3.8) is 0 Å². The van der Waals surface area contributed by atoms with E-state index in [1.165, 1.54) is 12.0 Å². The van der Waals surface area contributed by atoms with Crippen molar-refractivity contribution in [3.8, 4) is 10.7 Å². The number of nitrogens with one attached hydrogen (secondary N) is 1. The maximum absolute atomic E-state index is 4.98. The molecule has 160 valence electrons. The van der Waals surface area contributed by atoms with Crippen LogP contribution in [0, 0.1) is 6.92 Å². The van der Waals surface area contributed by atoms with E-state index in [2.05, 4.69) is 53.3 Å². The first-order chi connectivity index (χ1) is 14.5. The molecule has 4 heterocycles. The molecule has 3 aromatic rings. The predicted octanol–water partition coefficient (Wildman–Crippen LogP) is 4.32. The van der Waals surface area contributed by atoms with Crippen LogP contribution in [0.1, 0.15) is 55.8 Å². The topological polar surface area (TPSA) is 71.8 Å². The Hall–Kier alpha value is -2.32. The first-order valence-corrected chi connectivity index (χ1v) is 11.6. The summed E-state index contributed by atoms with van der Waals surface area (Å²) in [5.74, 6) is 2.09. The van der Waals surface area contributed by atoms with Gasteiger partial charge in [0.05, 0.1) is 21.8 Å². The van der Waals surface area contributed by atoms with E-state index in [1.807, 2.05) is 24.0 Å². The first-order valence-electron chi connectivity index (χ1n) is 10.8. The number of hydrogen-bond acceptors (Lipinski definition) is 7. The standard InChI is InChI=1S/C22H31N7S/c1-5-29-13-17(10-24-29)12-28-8-6-7-18(14-28)19-9-21(25-15(2)3)27-22(26-19)20-11-23-16(4)30-20/h9-11,13,15,18H,5-8,12,14H2,1-4H3,(H,25,26,27). The molecule has 7 nitrogen and oxygen atoms in total. The van der Waals surface area contributed by atoms with Crippen LogP contribution < -0.4 is 5.32 Å². The van der Waals surface area contributed by atoms with Crippen LogP contribution in [0.3, 0.4) is 0 Å². The molecule has 0 saturated carbocycles. The van der Waals surface area contributed by atoms with E-state index in [0.29, 0.717) is 12.0 Å². The predicted molar refractivity (Wildman–Crippen MR) is 122 cm³/mol. The Morgan fingerprint density at radius 2 is 2.13 bits per heavy atom. The highest BCUT2D eigenvalue weighted by Crippen LogP contribution is 2.31. The van der Waals surface area contributed by atoms with Crippen molar-refractivity contribution in [1.82, 2.24) is 29.6 Å². The second-order valence-electron chi connectivity index (χ2n) is 8.32. The van der Waals surface area contributed by atoms with Crippen LogP contribution in [0.15, 0.2) is 24.7 Å². The Morgan fingerprint density at radius 1 is 1.27 bits per heavy atom. The molecule has 1 saturated heterocycles. The highest BCUT2D eigenvalue weighted by atomic mass is 32.1. The SMILES string of the molecule is CCn1cc(CN2CCCC(c3cc(NC(C)C)nc(-c4cnc(C)s4)n3)C2)cn1. The van der Waals surface area contributed by atoms with Gasteiger partial charge in [-0.2, -0.15) is 5.10 Å². The summed E-state index contributed by atoms with van der Waals surface area (Å²) in [4.78, 5) is 17.7. The fourth-order valence-corrected chi connectivity index (χ4v) is 4.69. The Labute approximate surface area is 182 Å². The molecular formula is C22H31N7S. The Kier molecular flexibility index (Phi) is 6.43. The summed E-state index contributed by atoms with van der Waals surface area (Å²) in [6.07, 6.45) is 8.37. The minimum Gasteiger partial charge on any atom is -0.368 e. The fraction of sp³-hybridized carbons (Fsp3) is 0.545. The number of rotatable bonds is 7. The molecule has 1 fully saturated rings. The van der Waals surface area contributed by atoms with E-state index in [9.17, 15) is 0 Å². The van der Waals surface area contributed by atoms with Gasteiger partial charge in [0.15, 0.2) is 5.82 Å². The molecule has 1 unspecified atom stereocenters. The van der Waals surface area contributed by atoms with Crippen molar-refractivity contribution < 1.29 is 0 Å². The van der Waals surface area contributed by atoms with Crippen LogP contribution in [0.2, 0.25) is 0 Å². The van der Waals surface area contributed by atoms with Crippen LogP contribution in [0.5, 0.6) is 0 Å². The van der Waals surface area contributed by atoms with E-state index in [0.717, 1.165) is 59.8 Å². The van der Waals surface area contributed by atoms with Crippen molar-refractivity contribution in [2.75, 3.05) is 18.4 Å². The van der Waals surface area contributed by atoms with Crippen LogP contribution >= 0.6 is 11.3 Å². The third-order valence-corrected chi connectivity index (χ3v) is 6.27. The van der Waals surface area contributed by atoms with Gasteiger partial charge < -0.3 is 5.32 Å². The van der Waals surface area contributed by atoms with Crippen molar-refractivity contribution in [1.29, 1.82) is 0 Å². The van der Waals surface area contributed by atoms with Gasteiger partial charge in [-0.3, -0.25) is 9.58 Å². The number of nitrogens with zero attached hydrogens (tertiary/aromatic N) is 6. The highest BCUT2D eigenvalue weighted by molar-refractivity contribution is 7.14. The Balaban J connectivity index is 1.56. The molecule has 1 atom stereocenters. The van der Waals surface area contributed by atoms with Gasteiger partial charge >= 0.3 is 0 Å². The first kappa shape index (κ1) is 20.9. The van der Waals surface area contributed by atoms with Crippen molar-refractivity contribution in [3.05, 3.63) is 40.9 Å². The number of hydrogen-bond donors (Lipinski definition) is 1. The van der Waals surface area contributed by atoms with Gasteiger partial charge in [-0.25, -0.2) is 15.0 Å². The second-order valence-corrected chi connectivity index (χ2v) is 9.56. The molecule has 1 N–H and O–H groups in total. The second kappa shape index (κ2) is 9.22. The van der Waals surface area contributed by atoms with Gasteiger partial charge in [0.25, 0.3) is 0 Å². The van der Waals surface area contributed by atoms with E-state index in [4.69, 9.17) is 9.97 Å². The monoisotopic (exact) mass is 425 g/mol. The molecule has 0 aromatic carbocycles. The summed E-state index contributed by atoms with van der Waals surface area (Å²) >= 11 is 1.65. The molecule has 30 heavy (non-hydrogen) atoms. The van der Waals surface area contributed by atoms with Crippen LogP contribution in [-0.4, -0.2) is 48.8 Å². The average Bonchev–Trinajstić information content (AvgIpc) is 3.36. The summed E-state index contributed by atoms with van der Waals surface area (Å²) in [5, 5.41) is 8.93. The smallest absolute Gasteiger partial charge is 0.173 e. The van der Waals surface area contributed by atoms with E-state index < -0.39 is 0 Å². The largest absolute Gasteiger partial charge is 0.368 e. The number of thiazole rings is 1. The number of aromatic nitrogens is 5. The van der Waals surface area contributed by atoms with Gasteiger partial charge in [0, 0.05) is 55.6 Å². The number of anilines is 1. The maximum atomic E-state index is 4.98. The molecule has 0 radical (unpaired) electrons. The molecule has 0 aliphatic carbocycles.